The number of carbonyl (C=O) groups excluding carboxylic acids is 1. The third kappa shape index (κ3) is 1.47. The summed E-state index contributed by atoms with van der Waals surface area (Å²) in [6.07, 6.45) is 2.70. The normalized spacial score (nSPS) is 24.2. The lowest BCUT2D eigenvalue weighted by molar-refractivity contribution is -0.217. The fourth-order valence-electron chi connectivity index (χ4n) is 2.48. The van der Waals surface area contributed by atoms with Crippen LogP contribution in [0.2, 0.25) is 0 Å². The van der Waals surface area contributed by atoms with E-state index in [1.54, 1.807) is 0 Å². The third-order valence-electron chi connectivity index (χ3n) is 3.92. The van der Waals surface area contributed by atoms with E-state index in [1.165, 1.54) is 5.06 Å². The lowest BCUT2D eigenvalue weighted by Crippen LogP contribution is -2.54. The minimum atomic E-state index is -0.730. The summed E-state index contributed by atoms with van der Waals surface area (Å²) in [5.74, 6) is -0.0429. The number of hydroxylamine groups is 2. The second-order valence-corrected chi connectivity index (χ2v) is 4.24. The first-order valence-electron chi connectivity index (χ1n) is 5.84. The molecule has 1 rings (SSSR count). The molecular weight excluding hydrogens is 192 g/mol. The molecule has 1 heterocycles. The van der Waals surface area contributed by atoms with E-state index in [9.17, 15) is 10.0 Å². The van der Waals surface area contributed by atoms with Crippen LogP contribution in [0, 0.1) is 0 Å². The van der Waals surface area contributed by atoms with Crippen LogP contribution in [0.1, 0.15) is 53.4 Å². The molecule has 15 heavy (non-hydrogen) atoms. The maximum atomic E-state index is 12.0. The van der Waals surface area contributed by atoms with Gasteiger partial charge in [-0.1, -0.05) is 27.7 Å². The van der Waals surface area contributed by atoms with E-state index in [0.29, 0.717) is 25.7 Å². The first-order chi connectivity index (χ1) is 7.03. The third-order valence-corrected chi connectivity index (χ3v) is 3.92. The van der Waals surface area contributed by atoms with Gasteiger partial charge in [-0.25, -0.2) is 0 Å². The van der Waals surface area contributed by atoms with Gasteiger partial charge in [-0.3, -0.25) is 4.79 Å². The summed E-state index contributed by atoms with van der Waals surface area (Å²) in [6.45, 7) is 7.84. The molecule has 1 aliphatic heterocycles. The maximum absolute atomic E-state index is 12.0. The van der Waals surface area contributed by atoms with Crippen molar-refractivity contribution < 1.29 is 10.0 Å². The number of rotatable bonds is 4. The van der Waals surface area contributed by atoms with Crippen molar-refractivity contribution in [3.05, 3.63) is 0 Å². The van der Waals surface area contributed by atoms with E-state index in [1.807, 2.05) is 27.7 Å². The molecule has 88 valence electrons. The van der Waals surface area contributed by atoms with Gasteiger partial charge in [-0.2, -0.15) is 5.06 Å². The van der Waals surface area contributed by atoms with Crippen molar-refractivity contribution >= 4 is 5.91 Å². The van der Waals surface area contributed by atoms with Crippen molar-refractivity contribution in [1.29, 1.82) is 0 Å². The van der Waals surface area contributed by atoms with Crippen LogP contribution in [0.4, 0.5) is 0 Å². The number of nitrogens with zero attached hydrogens (tertiary/aromatic N) is 1. The van der Waals surface area contributed by atoms with Crippen molar-refractivity contribution in [1.82, 2.24) is 10.4 Å². The highest BCUT2D eigenvalue weighted by Crippen LogP contribution is 2.38. The number of nitrogens with one attached hydrogen (secondary N) is 1. The molecule has 0 atom stereocenters. The van der Waals surface area contributed by atoms with Crippen molar-refractivity contribution in [2.75, 3.05) is 0 Å². The Hall–Kier alpha value is -0.610. The summed E-state index contributed by atoms with van der Waals surface area (Å²) in [5.41, 5.74) is -1.30. The highest BCUT2D eigenvalue weighted by atomic mass is 16.5. The van der Waals surface area contributed by atoms with Crippen LogP contribution in [0.15, 0.2) is 0 Å². The Morgan fingerprint density at radius 1 is 1.13 bits per heavy atom. The van der Waals surface area contributed by atoms with Gasteiger partial charge in [0.2, 0.25) is 5.91 Å². The van der Waals surface area contributed by atoms with Gasteiger partial charge in [0.05, 0.1) is 0 Å². The SMILES string of the molecule is CCC1(CC)NC(=O)C(CC)(CC)N1O. The van der Waals surface area contributed by atoms with Crippen LogP contribution in [-0.4, -0.2) is 27.4 Å². The van der Waals surface area contributed by atoms with Crippen LogP contribution in [0.5, 0.6) is 0 Å². The molecule has 0 aromatic carbocycles. The van der Waals surface area contributed by atoms with Gasteiger partial charge in [0, 0.05) is 0 Å². The molecule has 1 aliphatic rings. The molecule has 1 saturated heterocycles. The Labute approximate surface area is 91.6 Å². The minimum Gasteiger partial charge on any atom is -0.334 e. The van der Waals surface area contributed by atoms with Crippen LogP contribution >= 0.6 is 0 Å². The summed E-state index contributed by atoms with van der Waals surface area (Å²) in [6, 6.07) is 0. The van der Waals surface area contributed by atoms with E-state index in [-0.39, 0.29) is 5.91 Å². The average molecular weight is 214 g/mol. The highest BCUT2D eigenvalue weighted by molar-refractivity contribution is 5.89. The molecule has 0 bridgehead atoms. The average Bonchev–Trinajstić information content (AvgIpc) is 2.48. The molecule has 4 nitrogen and oxygen atoms in total. The highest BCUT2D eigenvalue weighted by Gasteiger charge is 2.57. The smallest absolute Gasteiger partial charge is 0.244 e. The first-order valence-corrected chi connectivity index (χ1v) is 5.84. The van der Waals surface area contributed by atoms with Crippen LogP contribution in [0.25, 0.3) is 0 Å². The van der Waals surface area contributed by atoms with Crippen molar-refractivity contribution in [3.8, 4) is 0 Å². The van der Waals surface area contributed by atoms with Gasteiger partial charge in [-0.05, 0) is 25.7 Å². The van der Waals surface area contributed by atoms with Crippen LogP contribution in [0.3, 0.4) is 0 Å². The Morgan fingerprint density at radius 2 is 1.60 bits per heavy atom. The number of hydrogen-bond acceptors (Lipinski definition) is 3. The molecule has 0 spiro atoms. The predicted octanol–water partition coefficient (Wildman–Crippen LogP) is 1.88. The zero-order chi connectivity index (χ0) is 11.7. The van der Waals surface area contributed by atoms with Gasteiger partial charge >= 0.3 is 0 Å². The number of carbonyl (C=O) groups is 1. The molecular formula is C11H22N2O2. The monoisotopic (exact) mass is 214 g/mol. The molecule has 0 aromatic rings. The summed E-state index contributed by atoms with van der Waals surface area (Å²) in [7, 11) is 0. The fraction of sp³-hybridized carbons (Fsp3) is 0.909. The Kier molecular flexibility index (Phi) is 3.41. The second-order valence-electron chi connectivity index (χ2n) is 4.24. The summed E-state index contributed by atoms with van der Waals surface area (Å²) in [4.78, 5) is 12.0. The van der Waals surface area contributed by atoms with Gasteiger partial charge in [0.15, 0.2) is 0 Å². The van der Waals surface area contributed by atoms with Gasteiger partial charge in [0.1, 0.15) is 11.2 Å². The Bertz CT molecular complexity index is 245. The number of amides is 1. The zero-order valence-corrected chi connectivity index (χ0v) is 10.1. The summed E-state index contributed by atoms with van der Waals surface area (Å²) in [5, 5.41) is 14.5. The molecule has 0 aromatic heterocycles. The maximum Gasteiger partial charge on any atom is 0.244 e. The van der Waals surface area contributed by atoms with Crippen molar-refractivity contribution in [2.24, 2.45) is 0 Å². The van der Waals surface area contributed by atoms with Crippen LogP contribution < -0.4 is 5.32 Å². The molecule has 0 unspecified atom stereocenters. The lowest BCUT2D eigenvalue weighted by Gasteiger charge is -2.38. The number of hydrogen-bond donors (Lipinski definition) is 2. The van der Waals surface area contributed by atoms with E-state index in [2.05, 4.69) is 5.32 Å². The molecule has 0 radical (unpaired) electrons. The predicted molar refractivity (Wildman–Crippen MR) is 58.4 cm³/mol. The topological polar surface area (TPSA) is 52.6 Å². The zero-order valence-electron chi connectivity index (χ0n) is 10.1. The standard InChI is InChI=1S/C11H22N2O2/c1-5-10(6-2)9(14)12-11(7-3,8-4)13(10)15/h15H,5-8H2,1-4H3,(H,12,14). The second kappa shape index (κ2) is 4.10. The Balaban J connectivity index is 3.10. The molecule has 0 saturated carbocycles. The molecule has 2 N–H and O–H groups in total. The van der Waals surface area contributed by atoms with E-state index < -0.39 is 11.2 Å². The largest absolute Gasteiger partial charge is 0.334 e. The Morgan fingerprint density at radius 3 is 1.80 bits per heavy atom. The van der Waals surface area contributed by atoms with E-state index in [0.717, 1.165) is 0 Å². The molecule has 4 heteroatoms. The first kappa shape index (κ1) is 12.5. The van der Waals surface area contributed by atoms with Gasteiger partial charge in [0.25, 0.3) is 0 Å². The van der Waals surface area contributed by atoms with Gasteiger partial charge in [-0.15, -0.1) is 0 Å². The van der Waals surface area contributed by atoms with Crippen molar-refractivity contribution in [2.45, 2.75) is 64.6 Å². The minimum absolute atomic E-state index is 0.0429. The molecule has 0 aliphatic carbocycles. The van der Waals surface area contributed by atoms with Crippen molar-refractivity contribution in [3.63, 3.8) is 0 Å². The van der Waals surface area contributed by atoms with E-state index >= 15 is 0 Å². The quantitative estimate of drug-likeness (QED) is 0.751. The molecule has 1 amide bonds. The fourth-order valence-corrected chi connectivity index (χ4v) is 2.48. The summed E-state index contributed by atoms with van der Waals surface area (Å²) < 4.78 is 0. The van der Waals surface area contributed by atoms with Gasteiger partial charge < -0.3 is 10.5 Å². The van der Waals surface area contributed by atoms with E-state index in [4.69, 9.17) is 0 Å². The van der Waals surface area contributed by atoms with Crippen LogP contribution in [-0.2, 0) is 4.79 Å². The molecule has 1 fully saturated rings. The lowest BCUT2D eigenvalue weighted by atomic mass is 9.92. The summed E-state index contributed by atoms with van der Waals surface area (Å²) >= 11 is 0.